The Kier molecular flexibility index (Phi) is 6.62. The summed E-state index contributed by atoms with van der Waals surface area (Å²) in [5.41, 5.74) is 1.04. The molecule has 0 atom stereocenters. The van der Waals surface area contributed by atoms with Crippen LogP contribution >= 0.6 is 34.9 Å². The van der Waals surface area contributed by atoms with Crippen molar-refractivity contribution in [3.63, 3.8) is 0 Å². The lowest BCUT2D eigenvalue weighted by Crippen LogP contribution is -2.48. The number of aromatic nitrogens is 1. The lowest BCUT2D eigenvalue weighted by atomic mass is 10.3. The maximum Gasteiger partial charge on any atom is 0.223 e. The first-order valence-corrected chi connectivity index (χ1v) is 12.5. The Hall–Kier alpha value is -1.77. The van der Waals surface area contributed by atoms with Crippen LogP contribution in [0.15, 0.2) is 52.3 Å². The maximum absolute atomic E-state index is 13.0. The highest BCUT2D eigenvalue weighted by Gasteiger charge is 2.23. The Morgan fingerprint density at radius 1 is 1.10 bits per heavy atom. The van der Waals surface area contributed by atoms with Crippen molar-refractivity contribution in [3.05, 3.63) is 48.3 Å². The van der Waals surface area contributed by atoms with Crippen molar-refractivity contribution in [1.29, 1.82) is 0 Å². The van der Waals surface area contributed by atoms with Crippen LogP contribution in [0, 0.1) is 5.82 Å². The van der Waals surface area contributed by atoms with Gasteiger partial charge in [-0.3, -0.25) is 4.79 Å². The van der Waals surface area contributed by atoms with E-state index in [1.807, 2.05) is 4.90 Å². The van der Waals surface area contributed by atoms with E-state index >= 15 is 0 Å². The van der Waals surface area contributed by atoms with E-state index in [0.29, 0.717) is 12.2 Å². The molecule has 3 aromatic rings. The molecule has 1 aromatic heterocycles. The molecule has 0 N–H and O–H groups in total. The van der Waals surface area contributed by atoms with E-state index in [1.165, 1.54) is 21.7 Å². The Labute approximate surface area is 182 Å². The van der Waals surface area contributed by atoms with Crippen LogP contribution in [-0.4, -0.2) is 54.0 Å². The van der Waals surface area contributed by atoms with Crippen molar-refractivity contribution in [2.45, 2.75) is 16.2 Å². The lowest BCUT2D eigenvalue weighted by molar-refractivity contribution is -0.131. The molecule has 1 saturated heterocycles. The van der Waals surface area contributed by atoms with Crippen LogP contribution in [-0.2, 0) is 4.79 Å². The normalized spacial score (nSPS) is 14.6. The fraction of sp³-hybridized carbons (Fsp3) is 0.333. The van der Waals surface area contributed by atoms with Crippen molar-refractivity contribution in [2.24, 2.45) is 0 Å². The first-order valence-electron chi connectivity index (χ1n) is 9.48. The highest BCUT2D eigenvalue weighted by atomic mass is 32.2. The van der Waals surface area contributed by atoms with E-state index in [1.54, 1.807) is 47.0 Å². The van der Waals surface area contributed by atoms with Gasteiger partial charge < -0.3 is 9.80 Å². The largest absolute Gasteiger partial charge is 0.345 e. The molecular formula is C21H22FN3OS3. The molecule has 2 heterocycles. The zero-order valence-corrected chi connectivity index (χ0v) is 18.6. The maximum atomic E-state index is 13.0. The molecule has 29 heavy (non-hydrogen) atoms. The van der Waals surface area contributed by atoms with Gasteiger partial charge in [0.05, 0.1) is 10.2 Å². The molecule has 8 heteroatoms. The number of rotatable bonds is 6. The highest BCUT2D eigenvalue weighted by Crippen LogP contribution is 2.32. The molecule has 4 rings (SSSR count). The molecule has 152 valence electrons. The van der Waals surface area contributed by atoms with Crippen molar-refractivity contribution < 1.29 is 9.18 Å². The Morgan fingerprint density at radius 2 is 1.83 bits per heavy atom. The third-order valence-corrected chi connectivity index (χ3v) is 7.70. The summed E-state index contributed by atoms with van der Waals surface area (Å²) in [6.45, 7) is 3.08. The van der Waals surface area contributed by atoms with E-state index in [0.717, 1.165) is 41.7 Å². The summed E-state index contributed by atoms with van der Waals surface area (Å²) in [5, 5.41) is 1.04. The number of halogens is 1. The summed E-state index contributed by atoms with van der Waals surface area (Å²) >= 11 is 5.05. The van der Waals surface area contributed by atoms with Gasteiger partial charge in [0, 0.05) is 48.1 Å². The van der Waals surface area contributed by atoms with Crippen LogP contribution < -0.4 is 4.90 Å². The number of hydrogen-bond donors (Lipinski definition) is 0. The zero-order chi connectivity index (χ0) is 20.2. The molecule has 2 aromatic carbocycles. The van der Waals surface area contributed by atoms with Crippen molar-refractivity contribution in [1.82, 2.24) is 9.88 Å². The second kappa shape index (κ2) is 9.36. The van der Waals surface area contributed by atoms with E-state index in [4.69, 9.17) is 4.98 Å². The third-order valence-electron chi connectivity index (χ3n) is 4.89. The van der Waals surface area contributed by atoms with Crippen LogP contribution in [0.2, 0.25) is 0 Å². The second-order valence-electron chi connectivity index (χ2n) is 6.75. The van der Waals surface area contributed by atoms with E-state index in [-0.39, 0.29) is 11.7 Å². The van der Waals surface area contributed by atoms with Gasteiger partial charge in [-0.2, -0.15) is 0 Å². The first kappa shape index (κ1) is 20.5. The molecule has 4 nitrogen and oxygen atoms in total. The van der Waals surface area contributed by atoms with Gasteiger partial charge in [-0.05, 0) is 48.7 Å². The number of thioether (sulfide) groups is 2. The van der Waals surface area contributed by atoms with Gasteiger partial charge in [0.2, 0.25) is 5.91 Å². The third kappa shape index (κ3) is 5.05. The molecule has 0 aliphatic carbocycles. The van der Waals surface area contributed by atoms with Gasteiger partial charge in [-0.25, -0.2) is 9.37 Å². The minimum absolute atomic E-state index is 0.188. The van der Waals surface area contributed by atoms with Crippen molar-refractivity contribution in [3.8, 4) is 0 Å². The average Bonchev–Trinajstić information content (AvgIpc) is 3.18. The van der Waals surface area contributed by atoms with Crippen LogP contribution in [0.5, 0.6) is 0 Å². The minimum atomic E-state index is -0.235. The number of hydrogen-bond acceptors (Lipinski definition) is 6. The molecule has 0 unspecified atom stereocenters. The fourth-order valence-corrected chi connectivity index (χ4v) is 5.66. The average molecular weight is 448 g/mol. The van der Waals surface area contributed by atoms with Crippen LogP contribution in [0.25, 0.3) is 10.2 Å². The number of fused-ring (bicyclic) bond motifs is 1. The van der Waals surface area contributed by atoms with Crippen LogP contribution in [0.4, 0.5) is 9.52 Å². The van der Waals surface area contributed by atoms with Gasteiger partial charge in [-0.15, -0.1) is 23.5 Å². The standard InChI is InChI=1S/C21H22FN3OS3/c1-27-17-6-7-18-19(14-17)29-21(23-18)25-11-9-24(10-12-25)20(26)8-13-28-16-4-2-15(22)3-5-16/h2-7,14H,8-13H2,1H3. The number of benzene rings is 2. The van der Waals surface area contributed by atoms with Crippen LogP contribution in [0.3, 0.4) is 0 Å². The Balaban J connectivity index is 1.27. The SMILES string of the molecule is CSc1ccc2nc(N3CCN(C(=O)CCSc4ccc(F)cc4)CC3)sc2c1. The summed E-state index contributed by atoms with van der Waals surface area (Å²) in [4.78, 5) is 23.8. The minimum Gasteiger partial charge on any atom is -0.345 e. The smallest absolute Gasteiger partial charge is 0.223 e. The van der Waals surface area contributed by atoms with E-state index in [2.05, 4.69) is 29.4 Å². The Bertz CT molecular complexity index is 985. The van der Waals surface area contributed by atoms with Gasteiger partial charge in [-0.1, -0.05) is 11.3 Å². The number of nitrogens with zero attached hydrogens (tertiary/aromatic N) is 3. The molecular weight excluding hydrogens is 425 g/mol. The van der Waals surface area contributed by atoms with Gasteiger partial charge in [0.1, 0.15) is 5.82 Å². The quantitative estimate of drug-likeness (QED) is 0.498. The fourth-order valence-electron chi connectivity index (χ4n) is 3.25. The summed E-state index contributed by atoms with van der Waals surface area (Å²) in [6.07, 6.45) is 2.58. The zero-order valence-electron chi connectivity index (χ0n) is 16.1. The molecule has 1 amide bonds. The number of carbonyl (C=O) groups excluding carboxylic acids is 1. The number of amides is 1. The number of piperazine rings is 1. The second-order valence-corrected chi connectivity index (χ2v) is 9.81. The molecule has 1 fully saturated rings. The first-order chi connectivity index (χ1) is 14.1. The topological polar surface area (TPSA) is 36.4 Å². The molecule has 0 spiro atoms. The Morgan fingerprint density at radius 3 is 2.55 bits per heavy atom. The number of thiazole rings is 1. The summed E-state index contributed by atoms with van der Waals surface area (Å²) < 4.78 is 14.2. The van der Waals surface area contributed by atoms with E-state index in [9.17, 15) is 9.18 Å². The molecule has 0 radical (unpaired) electrons. The molecule has 1 aliphatic rings. The van der Waals surface area contributed by atoms with E-state index < -0.39 is 0 Å². The number of carbonyl (C=O) groups is 1. The predicted octanol–water partition coefficient (Wildman–Crippen LogP) is 4.99. The monoisotopic (exact) mass is 447 g/mol. The lowest BCUT2D eigenvalue weighted by Gasteiger charge is -2.34. The molecule has 0 bridgehead atoms. The van der Waals surface area contributed by atoms with Crippen molar-refractivity contribution in [2.75, 3.05) is 43.1 Å². The summed E-state index contributed by atoms with van der Waals surface area (Å²) in [5.74, 6) is 0.662. The van der Waals surface area contributed by atoms with Gasteiger partial charge >= 0.3 is 0 Å². The van der Waals surface area contributed by atoms with Crippen LogP contribution in [0.1, 0.15) is 6.42 Å². The highest BCUT2D eigenvalue weighted by molar-refractivity contribution is 7.99. The predicted molar refractivity (Wildman–Crippen MR) is 122 cm³/mol. The molecule has 1 aliphatic heterocycles. The van der Waals surface area contributed by atoms with Gasteiger partial charge in [0.25, 0.3) is 0 Å². The number of anilines is 1. The van der Waals surface area contributed by atoms with Crippen molar-refractivity contribution >= 4 is 56.1 Å². The summed E-state index contributed by atoms with van der Waals surface area (Å²) in [6, 6.07) is 12.8. The summed E-state index contributed by atoms with van der Waals surface area (Å²) in [7, 11) is 0. The molecule has 0 saturated carbocycles. The van der Waals surface area contributed by atoms with Gasteiger partial charge in [0.15, 0.2) is 5.13 Å².